The minimum absolute atomic E-state index is 0.122. The zero-order valence-electron chi connectivity index (χ0n) is 12.7. The summed E-state index contributed by atoms with van der Waals surface area (Å²) in [5.74, 6) is -1.34. The van der Waals surface area contributed by atoms with Crippen molar-refractivity contribution in [3.8, 4) is 0 Å². The van der Waals surface area contributed by atoms with E-state index < -0.39 is 29.5 Å². The van der Waals surface area contributed by atoms with Crippen LogP contribution in [0.25, 0.3) is 0 Å². The molecule has 2 aromatic rings. The first kappa shape index (κ1) is 18.5. The summed E-state index contributed by atoms with van der Waals surface area (Å²) >= 11 is 0. The molecule has 0 atom stereocenters. The molecule has 25 heavy (non-hydrogen) atoms. The van der Waals surface area contributed by atoms with Crippen molar-refractivity contribution in [1.29, 1.82) is 0 Å². The molecule has 134 valence electrons. The fraction of sp³-hybridized carbons (Fsp3) is 0.267. The standard InChI is InChI=1S/C15H13F3N2O5/c16-15(17,18)9-24-8-11-3-1-10(2-4-11)7-19-14(21)12-5-6-13(25-12)20(22)23/h1-6H,7-9H2,(H,19,21). The summed E-state index contributed by atoms with van der Waals surface area (Å²) in [6.45, 7) is -1.38. The van der Waals surface area contributed by atoms with Gasteiger partial charge in [-0.15, -0.1) is 0 Å². The van der Waals surface area contributed by atoms with Crippen LogP contribution in [0.1, 0.15) is 21.7 Å². The number of carbonyl (C=O) groups is 1. The van der Waals surface area contributed by atoms with Gasteiger partial charge in [0.15, 0.2) is 5.76 Å². The van der Waals surface area contributed by atoms with Crippen molar-refractivity contribution in [3.05, 3.63) is 63.4 Å². The third-order valence-corrected chi connectivity index (χ3v) is 3.01. The number of hydrogen-bond donors (Lipinski definition) is 1. The summed E-state index contributed by atoms with van der Waals surface area (Å²) in [5, 5.41) is 13.0. The Labute approximate surface area is 139 Å². The van der Waals surface area contributed by atoms with E-state index in [1.807, 2.05) is 0 Å². The van der Waals surface area contributed by atoms with Gasteiger partial charge in [-0.05, 0) is 17.2 Å². The molecule has 0 fully saturated rings. The first-order chi connectivity index (χ1) is 11.7. The molecule has 1 N–H and O–H groups in total. The van der Waals surface area contributed by atoms with Crippen molar-refractivity contribution in [2.45, 2.75) is 19.3 Å². The maximum absolute atomic E-state index is 12.0. The largest absolute Gasteiger partial charge is 0.433 e. The number of nitro groups is 1. The number of amides is 1. The van der Waals surface area contributed by atoms with Gasteiger partial charge in [-0.25, -0.2) is 0 Å². The van der Waals surface area contributed by atoms with Crippen LogP contribution in [-0.2, 0) is 17.9 Å². The average Bonchev–Trinajstić information content (AvgIpc) is 3.03. The Morgan fingerprint density at radius 2 is 1.80 bits per heavy atom. The van der Waals surface area contributed by atoms with E-state index in [1.165, 1.54) is 6.07 Å². The predicted molar refractivity (Wildman–Crippen MR) is 78.7 cm³/mol. The molecule has 1 amide bonds. The van der Waals surface area contributed by atoms with Crippen molar-refractivity contribution in [3.63, 3.8) is 0 Å². The second kappa shape index (κ2) is 7.79. The monoisotopic (exact) mass is 358 g/mol. The van der Waals surface area contributed by atoms with Crippen molar-refractivity contribution < 1.29 is 32.0 Å². The molecule has 7 nitrogen and oxygen atoms in total. The topological polar surface area (TPSA) is 94.6 Å². The second-order valence-corrected chi connectivity index (χ2v) is 5.00. The molecule has 10 heteroatoms. The Hall–Kier alpha value is -2.88. The van der Waals surface area contributed by atoms with E-state index in [2.05, 4.69) is 10.1 Å². The van der Waals surface area contributed by atoms with Gasteiger partial charge in [0.2, 0.25) is 0 Å². The van der Waals surface area contributed by atoms with Crippen molar-refractivity contribution in [1.82, 2.24) is 5.32 Å². The molecule has 0 bridgehead atoms. The summed E-state index contributed by atoms with van der Waals surface area (Å²) in [6.07, 6.45) is -4.37. The summed E-state index contributed by atoms with van der Waals surface area (Å²) in [6, 6.07) is 8.67. The molecule has 0 radical (unpaired) electrons. The molecule has 2 rings (SSSR count). The molecule has 0 aliphatic carbocycles. The Kier molecular flexibility index (Phi) is 5.75. The van der Waals surface area contributed by atoms with Crippen LogP contribution in [0.5, 0.6) is 0 Å². The fourth-order valence-electron chi connectivity index (χ4n) is 1.86. The van der Waals surface area contributed by atoms with Gasteiger partial charge in [0, 0.05) is 6.54 Å². The molecule has 0 aliphatic heterocycles. The Balaban J connectivity index is 1.82. The van der Waals surface area contributed by atoms with Crippen molar-refractivity contribution in [2.75, 3.05) is 6.61 Å². The smallest absolute Gasteiger partial charge is 0.395 e. The number of nitrogens with zero attached hydrogens (tertiary/aromatic N) is 1. The maximum atomic E-state index is 12.0. The highest BCUT2D eigenvalue weighted by Gasteiger charge is 2.27. The first-order valence-electron chi connectivity index (χ1n) is 6.99. The lowest BCUT2D eigenvalue weighted by Gasteiger charge is -2.08. The van der Waals surface area contributed by atoms with Gasteiger partial charge in [-0.1, -0.05) is 24.3 Å². The number of nitrogens with one attached hydrogen (secondary N) is 1. The zero-order chi connectivity index (χ0) is 18.4. The number of furan rings is 1. The second-order valence-electron chi connectivity index (χ2n) is 5.00. The van der Waals surface area contributed by atoms with Crippen LogP contribution < -0.4 is 5.32 Å². The Bertz CT molecular complexity index is 740. The fourth-order valence-corrected chi connectivity index (χ4v) is 1.86. The van der Waals surface area contributed by atoms with Crippen LogP contribution in [0.4, 0.5) is 19.1 Å². The lowest BCUT2D eigenvalue weighted by atomic mass is 10.1. The molecule has 0 saturated carbocycles. The predicted octanol–water partition coefficient (Wildman–Crippen LogP) is 3.20. The molecule has 0 saturated heterocycles. The first-order valence-corrected chi connectivity index (χ1v) is 6.99. The van der Waals surface area contributed by atoms with E-state index in [1.54, 1.807) is 24.3 Å². The van der Waals surface area contributed by atoms with Crippen LogP contribution in [-0.4, -0.2) is 23.6 Å². The van der Waals surface area contributed by atoms with Gasteiger partial charge in [0.1, 0.15) is 11.5 Å². The van der Waals surface area contributed by atoms with Crippen LogP contribution in [0.2, 0.25) is 0 Å². The highest BCUT2D eigenvalue weighted by Crippen LogP contribution is 2.17. The Morgan fingerprint density at radius 3 is 2.36 bits per heavy atom. The average molecular weight is 358 g/mol. The third kappa shape index (κ3) is 5.92. The highest BCUT2D eigenvalue weighted by atomic mass is 19.4. The van der Waals surface area contributed by atoms with E-state index in [4.69, 9.17) is 4.42 Å². The minimum Gasteiger partial charge on any atom is -0.395 e. The summed E-state index contributed by atoms with van der Waals surface area (Å²) in [7, 11) is 0. The van der Waals surface area contributed by atoms with Gasteiger partial charge in [-0.2, -0.15) is 13.2 Å². The van der Waals surface area contributed by atoms with Gasteiger partial charge in [0.05, 0.1) is 12.7 Å². The highest BCUT2D eigenvalue weighted by molar-refractivity contribution is 5.91. The van der Waals surface area contributed by atoms with E-state index in [0.29, 0.717) is 11.1 Å². The van der Waals surface area contributed by atoms with Gasteiger partial charge in [-0.3, -0.25) is 14.9 Å². The lowest BCUT2D eigenvalue weighted by molar-refractivity contribution is -0.402. The number of rotatable bonds is 7. The maximum Gasteiger partial charge on any atom is 0.433 e. The van der Waals surface area contributed by atoms with E-state index in [-0.39, 0.29) is 18.9 Å². The number of benzene rings is 1. The van der Waals surface area contributed by atoms with Crippen molar-refractivity contribution in [2.24, 2.45) is 0 Å². The Morgan fingerprint density at radius 1 is 1.16 bits per heavy atom. The number of ether oxygens (including phenoxy) is 1. The van der Waals surface area contributed by atoms with Crippen LogP contribution >= 0.6 is 0 Å². The van der Waals surface area contributed by atoms with E-state index >= 15 is 0 Å². The van der Waals surface area contributed by atoms with Crippen LogP contribution in [0, 0.1) is 10.1 Å². The SMILES string of the molecule is O=C(NCc1ccc(COCC(F)(F)F)cc1)c1ccc([N+](=O)[O-])o1. The molecule has 0 unspecified atom stereocenters. The van der Waals surface area contributed by atoms with E-state index in [0.717, 1.165) is 6.07 Å². The van der Waals surface area contributed by atoms with Gasteiger partial charge >= 0.3 is 12.1 Å². The quantitative estimate of drug-likeness (QED) is 0.606. The van der Waals surface area contributed by atoms with Gasteiger partial charge < -0.3 is 14.5 Å². The van der Waals surface area contributed by atoms with Crippen molar-refractivity contribution >= 4 is 11.8 Å². The number of carbonyl (C=O) groups excluding carboxylic acids is 1. The molecule has 0 spiro atoms. The lowest BCUT2D eigenvalue weighted by Crippen LogP contribution is -2.22. The zero-order valence-corrected chi connectivity index (χ0v) is 12.7. The molecule has 1 aromatic heterocycles. The minimum atomic E-state index is -4.37. The summed E-state index contributed by atoms with van der Waals surface area (Å²) in [4.78, 5) is 21.5. The number of alkyl halides is 3. The molecular formula is C15H13F3N2O5. The van der Waals surface area contributed by atoms with Gasteiger partial charge in [0.25, 0.3) is 5.91 Å². The van der Waals surface area contributed by atoms with E-state index in [9.17, 15) is 28.1 Å². The molecular weight excluding hydrogens is 345 g/mol. The van der Waals surface area contributed by atoms with Crippen LogP contribution in [0.3, 0.4) is 0 Å². The number of hydrogen-bond acceptors (Lipinski definition) is 5. The molecule has 1 heterocycles. The summed E-state index contributed by atoms with van der Waals surface area (Å²) < 4.78 is 45.2. The van der Waals surface area contributed by atoms with Crippen LogP contribution in [0.15, 0.2) is 40.8 Å². The summed E-state index contributed by atoms with van der Waals surface area (Å²) in [5.41, 5.74) is 1.25. The third-order valence-electron chi connectivity index (χ3n) is 3.01. The number of halogens is 3. The molecule has 1 aromatic carbocycles. The molecule has 0 aliphatic rings. The normalized spacial score (nSPS) is 11.3.